The summed E-state index contributed by atoms with van der Waals surface area (Å²) in [6.45, 7) is 7.41. The lowest BCUT2D eigenvalue weighted by Gasteiger charge is -2.28. The molecule has 0 bridgehead atoms. The Morgan fingerprint density at radius 3 is 2.31 bits per heavy atom. The molecule has 172 valence electrons. The molecule has 0 spiro atoms. The van der Waals surface area contributed by atoms with E-state index in [4.69, 9.17) is 21.1 Å². The summed E-state index contributed by atoms with van der Waals surface area (Å²) in [6, 6.07) is 13.3. The van der Waals surface area contributed by atoms with Gasteiger partial charge in [-0.2, -0.15) is 0 Å². The maximum absolute atomic E-state index is 12.8. The van der Waals surface area contributed by atoms with Crippen LogP contribution < -0.4 is 0 Å². The molecule has 1 saturated heterocycles. The van der Waals surface area contributed by atoms with Crippen LogP contribution in [0.4, 0.5) is 9.59 Å². The molecule has 1 fully saturated rings. The van der Waals surface area contributed by atoms with E-state index in [-0.39, 0.29) is 18.6 Å². The first-order chi connectivity index (χ1) is 15.2. The average molecular weight is 460 g/mol. The van der Waals surface area contributed by atoms with Gasteiger partial charge in [-0.15, -0.1) is 0 Å². The number of nitrogens with zero attached hydrogens (tertiary/aromatic N) is 3. The number of rotatable bonds is 4. The Labute approximate surface area is 194 Å². The van der Waals surface area contributed by atoms with E-state index >= 15 is 0 Å². The Balaban J connectivity index is 1.71. The number of benzene rings is 1. The maximum Gasteiger partial charge on any atom is 0.410 e. The number of pyridine rings is 1. The standard InChI is InChI=1S/C24H30ClN3O4/c1-24(2,3)32-23(30)28-12-11-27(22(29)31-17-18-7-5-4-6-8-18)15-20(16-28)13-19-9-10-26-21(25)14-19/h4-10,14,20H,11-13,15-17H2,1-3H3. The molecule has 2 heterocycles. The van der Waals surface area contributed by atoms with Crippen molar-refractivity contribution in [3.05, 3.63) is 64.9 Å². The van der Waals surface area contributed by atoms with Gasteiger partial charge in [0, 0.05) is 32.4 Å². The third kappa shape index (κ3) is 7.41. The van der Waals surface area contributed by atoms with Gasteiger partial charge in [-0.1, -0.05) is 41.9 Å². The Kier molecular flexibility index (Phi) is 7.96. The van der Waals surface area contributed by atoms with Crippen LogP contribution in [0, 0.1) is 5.92 Å². The molecule has 32 heavy (non-hydrogen) atoms. The van der Waals surface area contributed by atoms with Crippen LogP contribution in [-0.4, -0.2) is 58.8 Å². The SMILES string of the molecule is CC(C)(C)OC(=O)N1CCN(C(=O)OCc2ccccc2)CC(Cc2ccnc(Cl)c2)C1. The summed E-state index contributed by atoms with van der Waals surface area (Å²) in [5.41, 5.74) is 1.33. The number of ether oxygens (including phenoxy) is 2. The fraction of sp³-hybridized carbons (Fsp3) is 0.458. The van der Waals surface area contributed by atoms with Gasteiger partial charge in [0.15, 0.2) is 0 Å². The van der Waals surface area contributed by atoms with E-state index < -0.39 is 11.7 Å². The number of carbonyl (C=O) groups is 2. The van der Waals surface area contributed by atoms with Gasteiger partial charge in [0.05, 0.1) is 0 Å². The van der Waals surface area contributed by atoms with Gasteiger partial charge in [-0.05, 0) is 56.4 Å². The summed E-state index contributed by atoms with van der Waals surface area (Å²) in [6.07, 6.45) is 1.53. The second-order valence-electron chi connectivity index (χ2n) is 8.97. The van der Waals surface area contributed by atoms with Crippen LogP contribution >= 0.6 is 11.6 Å². The molecule has 0 saturated carbocycles. The van der Waals surface area contributed by atoms with E-state index in [1.807, 2.05) is 63.2 Å². The molecule has 1 unspecified atom stereocenters. The number of amides is 2. The number of carbonyl (C=O) groups excluding carboxylic acids is 2. The molecule has 1 aliphatic heterocycles. The minimum Gasteiger partial charge on any atom is -0.445 e. The van der Waals surface area contributed by atoms with Gasteiger partial charge in [-0.25, -0.2) is 14.6 Å². The third-order valence-corrected chi connectivity index (χ3v) is 5.23. The summed E-state index contributed by atoms with van der Waals surface area (Å²) in [4.78, 5) is 32.9. The topological polar surface area (TPSA) is 72.0 Å². The molecule has 7 nitrogen and oxygen atoms in total. The van der Waals surface area contributed by atoms with Gasteiger partial charge in [-0.3, -0.25) is 0 Å². The highest BCUT2D eigenvalue weighted by Gasteiger charge is 2.31. The fourth-order valence-electron chi connectivity index (χ4n) is 3.61. The Morgan fingerprint density at radius 1 is 1.03 bits per heavy atom. The van der Waals surface area contributed by atoms with Crippen molar-refractivity contribution < 1.29 is 19.1 Å². The first kappa shape index (κ1) is 23.9. The first-order valence-electron chi connectivity index (χ1n) is 10.7. The largest absolute Gasteiger partial charge is 0.445 e. The summed E-state index contributed by atoms with van der Waals surface area (Å²) < 4.78 is 11.1. The van der Waals surface area contributed by atoms with Crippen molar-refractivity contribution in [3.8, 4) is 0 Å². The molecule has 0 aliphatic carbocycles. The first-order valence-corrected chi connectivity index (χ1v) is 11.1. The highest BCUT2D eigenvalue weighted by Crippen LogP contribution is 2.20. The molecule has 2 aromatic rings. The summed E-state index contributed by atoms with van der Waals surface area (Å²) in [7, 11) is 0. The molecule has 1 aromatic carbocycles. The van der Waals surface area contributed by atoms with Gasteiger partial charge in [0.2, 0.25) is 0 Å². The molecule has 1 atom stereocenters. The molecule has 3 rings (SSSR count). The van der Waals surface area contributed by atoms with E-state index in [1.165, 1.54) is 0 Å². The zero-order valence-electron chi connectivity index (χ0n) is 18.8. The van der Waals surface area contributed by atoms with E-state index in [1.54, 1.807) is 16.0 Å². The number of hydrogen-bond donors (Lipinski definition) is 0. The smallest absolute Gasteiger partial charge is 0.410 e. The highest BCUT2D eigenvalue weighted by molar-refractivity contribution is 6.29. The Bertz CT molecular complexity index is 917. The Hall–Kier alpha value is -2.80. The number of hydrogen-bond acceptors (Lipinski definition) is 5. The zero-order chi connectivity index (χ0) is 23.1. The molecule has 0 N–H and O–H groups in total. The minimum absolute atomic E-state index is 0.00670. The van der Waals surface area contributed by atoms with Crippen LogP contribution in [-0.2, 0) is 22.5 Å². The van der Waals surface area contributed by atoms with E-state index in [2.05, 4.69) is 4.98 Å². The van der Waals surface area contributed by atoms with Gasteiger partial charge in [0.25, 0.3) is 0 Å². The Morgan fingerprint density at radius 2 is 1.69 bits per heavy atom. The van der Waals surface area contributed by atoms with Crippen molar-refractivity contribution in [2.45, 2.75) is 39.4 Å². The van der Waals surface area contributed by atoms with Crippen molar-refractivity contribution in [3.63, 3.8) is 0 Å². The van der Waals surface area contributed by atoms with Gasteiger partial charge < -0.3 is 19.3 Å². The number of halogens is 1. The average Bonchev–Trinajstić information content (AvgIpc) is 2.94. The lowest BCUT2D eigenvalue weighted by molar-refractivity contribution is 0.0238. The molecular formula is C24H30ClN3O4. The van der Waals surface area contributed by atoms with E-state index in [0.717, 1.165) is 11.1 Å². The van der Waals surface area contributed by atoms with Crippen LogP contribution in [0.5, 0.6) is 0 Å². The van der Waals surface area contributed by atoms with E-state index in [0.29, 0.717) is 37.8 Å². The molecule has 2 amide bonds. The van der Waals surface area contributed by atoms with Crippen molar-refractivity contribution in [1.82, 2.24) is 14.8 Å². The molecule has 8 heteroatoms. The quantitative estimate of drug-likeness (QED) is 0.615. The van der Waals surface area contributed by atoms with Crippen LogP contribution in [0.15, 0.2) is 48.7 Å². The third-order valence-electron chi connectivity index (χ3n) is 5.03. The molecular weight excluding hydrogens is 430 g/mol. The normalized spacial score (nSPS) is 16.9. The minimum atomic E-state index is -0.591. The van der Waals surface area contributed by atoms with Crippen LogP contribution in [0.2, 0.25) is 5.15 Å². The molecule has 0 radical (unpaired) electrons. The zero-order valence-corrected chi connectivity index (χ0v) is 19.5. The lowest BCUT2D eigenvalue weighted by atomic mass is 9.99. The molecule has 1 aliphatic rings. The fourth-order valence-corrected chi connectivity index (χ4v) is 3.80. The van der Waals surface area contributed by atoms with Crippen molar-refractivity contribution in [2.24, 2.45) is 5.92 Å². The van der Waals surface area contributed by atoms with E-state index in [9.17, 15) is 9.59 Å². The second kappa shape index (κ2) is 10.7. The predicted molar refractivity (Wildman–Crippen MR) is 122 cm³/mol. The van der Waals surface area contributed by atoms with Crippen LogP contribution in [0.25, 0.3) is 0 Å². The summed E-state index contributed by atoms with van der Waals surface area (Å²) in [5, 5.41) is 0.416. The van der Waals surface area contributed by atoms with Crippen molar-refractivity contribution >= 4 is 23.8 Å². The van der Waals surface area contributed by atoms with Crippen molar-refractivity contribution in [1.29, 1.82) is 0 Å². The van der Waals surface area contributed by atoms with Crippen LogP contribution in [0.3, 0.4) is 0 Å². The molecule has 1 aromatic heterocycles. The van der Waals surface area contributed by atoms with Crippen molar-refractivity contribution in [2.75, 3.05) is 26.2 Å². The summed E-state index contributed by atoms with van der Waals surface area (Å²) in [5.74, 6) is -0.00670. The van der Waals surface area contributed by atoms with Crippen LogP contribution in [0.1, 0.15) is 31.9 Å². The highest BCUT2D eigenvalue weighted by atomic mass is 35.5. The monoisotopic (exact) mass is 459 g/mol. The number of aromatic nitrogens is 1. The summed E-state index contributed by atoms with van der Waals surface area (Å²) >= 11 is 6.04. The van der Waals surface area contributed by atoms with Gasteiger partial charge >= 0.3 is 12.2 Å². The lowest BCUT2D eigenvalue weighted by Crippen LogP contribution is -2.40. The predicted octanol–water partition coefficient (Wildman–Crippen LogP) is 4.78. The maximum atomic E-state index is 12.8. The second-order valence-corrected chi connectivity index (χ2v) is 9.36. The van der Waals surface area contributed by atoms with Gasteiger partial charge in [0.1, 0.15) is 17.4 Å².